The van der Waals surface area contributed by atoms with Gasteiger partial charge >= 0.3 is 15.5 Å². The van der Waals surface area contributed by atoms with Crippen molar-refractivity contribution in [3.8, 4) is 0 Å². The van der Waals surface area contributed by atoms with Gasteiger partial charge in [0.05, 0.1) is 5.69 Å². The maximum absolute atomic E-state index is 13.0. The molecule has 0 bridgehead atoms. The number of rotatable bonds is 6. The van der Waals surface area contributed by atoms with Crippen LogP contribution in [0.2, 0.25) is 0 Å². The van der Waals surface area contributed by atoms with E-state index in [0.717, 1.165) is 17.9 Å². The molecule has 2 heterocycles. The molecule has 158 valence electrons. The van der Waals surface area contributed by atoms with Crippen molar-refractivity contribution in [1.29, 1.82) is 0 Å². The molecule has 0 aliphatic carbocycles. The molecule has 13 heteroatoms. The lowest BCUT2D eigenvalue weighted by Crippen LogP contribution is -2.34. The lowest BCUT2D eigenvalue weighted by atomic mass is 9.98. The predicted octanol–water partition coefficient (Wildman–Crippen LogP) is 4.62. The second kappa shape index (κ2) is 8.22. The van der Waals surface area contributed by atoms with Crippen LogP contribution < -0.4 is 9.62 Å². The molecule has 1 aromatic carbocycles. The van der Waals surface area contributed by atoms with Gasteiger partial charge in [-0.25, -0.2) is 0 Å². The molecule has 0 unspecified atom stereocenters. The average molecular weight is 448 g/mol. The highest BCUT2D eigenvalue weighted by Gasteiger charge is 2.46. The molecule has 29 heavy (non-hydrogen) atoms. The van der Waals surface area contributed by atoms with Gasteiger partial charge in [0.15, 0.2) is 0 Å². The van der Waals surface area contributed by atoms with Crippen LogP contribution in [0.15, 0.2) is 27.9 Å². The van der Waals surface area contributed by atoms with Gasteiger partial charge in [0.25, 0.3) is 5.13 Å². The fourth-order valence-corrected chi connectivity index (χ4v) is 4.05. The Labute approximate surface area is 169 Å². The van der Waals surface area contributed by atoms with Crippen LogP contribution >= 0.6 is 11.3 Å². The first-order chi connectivity index (χ1) is 13.6. The second-order valence-corrected chi connectivity index (χ2v) is 9.36. The first-order valence-electron chi connectivity index (χ1n) is 8.76. The Balaban J connectivity index is 2.09. The second-order valence-electron chi connectivity index (χ2n) is 6.87. The number of sulfonamides is 1. The Morgan fingerprint density at radius 1 is 1.31 bits per heavy atom. The SMILES string of the molecule is CC(C)CN1CCCc2c1ccc(N=Nc1nncs1)c2NS(=O)(=O)C(F)(F)F. The van der Waals surface area contributed by atoms with E-state index in [1.807, 2.05) is 18.7 Å². The Morgan fingerprint density at radius 3 is 2.69 bits per heavy atom. The third-order valence-electron chi connectivity index (χ3n) is 4.18. The molecule has 0 amide bonds. The third-order valence-corrected chi connectivity index (χ3v) is 5.84. The molecule has 1 aliphatic heterocycles. The Kier molecular flexibility index (Phi) is 6.08. The molecule has 3 rings (SSSR count). The standard InChI is InChI=1S/C16H19F3N6O2S2/c1-10(2)8-25-7-3-4-11-13(25)6-5-12(21-23-15-22-20-9-28-15)14(11)24-29(26,27)16(17,18)19/h5-6,9-10,24H,3-4,7-8H2,1-2H3. The summed E-state index contributed by atoms with van der Waals surface area (Å²) in [5.41, 5.74) is -3.08. The summed E-state index contributed by atoms with van der Waals surface area (Å²) in [6.45, 7) is 5.50. The monoisotopic (exact) mass is 448 g/mol. The molecular formula is C16H19F3N6O2S2. The minimum atomic E-state index is -5.61. The minimum absolute atomic E-state index is 0.0156. The number of aromatic nitrogens is 2. The van der Waals surface area contributed by atoms with Crippen molar-refractivity contribution in [2.45, 2.75) is 32.2 Å². The fourth-order valence-electron chi connectivity index (χ4n) is 3.07. The Morgan fingerprint density at radius 2 is 2.07 bits per heavy atom. The zero-order valence-electron chi connectivity index (χ0n) is 15.6. The van der Waals surface area contributed by atoms with E-state index >= 15 is 0 Å². The number of hydrogen-bond donors (Lipinski definition) is 1. The molecule has 0 saturated carbocycles. The van der Waals surface area contributed by atoms with E-state index in [4.69, 9.17) is 0 Å². The summed E-state index contributed by atoms with van der Waals surface area (Å²) >= 11 is 1.09. The van der Waals surface area contributed by atoms with Crippen LogP contribution in [0.25, 0.3) is 0 Å². The van der Waals surface area contributed by atoms with Crippen molar-refractivity contribution in [3.63, 3.8) is 0 Å². The molecule has 0 fully saturated rings. The van der Waals surface area contributed by atoms with Crippen LogP contribution in [0.4, 0.5) is 35.4 Å². The van der Waals surface area contributed by atoms with Gasteiger partial charge in [0, 0.05) is 24.3 Å². The summed E-state index contributed by atoms with van der Waals surface area (Å²) in [5.74, 6) is 0.327. The van der Waals surface area contributed by atoms with Gasteiger partial charge in [-0.3, -0.25) is 4.72 Å². The molecule has 0 atom stereocenters. The summed E-state index contributed by atoms with van der Waals surface area (Å²) in [7, 11) is -5.61. The van der Waals surface area contributed by atoms with Crippen LogP contribution in [0.1, 0.15) is 25.8 Å². The first-order valence-corrected chi connectivity index (χ1v) is 11.1. The van der Waals surface area contributed by atoms with Crippen molar-refractivity contribution < 1.29 is 21.6 Å². The van der Waals surface area contributed by atoms with Gasteiger partial charge in [0.2, 0.25) is 0 Å². The highest BCUT2D eigenvalue weighted by atomic mass is 32.2. The summed E-state index contributed by atoms with van der Waals surface area (Å²) in [6.07, 6.45) is 1.10. The van der Waals surface area contributed by atoms with Gasteiger partial charge in [-0.15, -0.1) is 20.4 Å². The third kappa shape index (κ3) is 4.83. The topological polar surface area (TPSA) is 99.9 Å². The van der Waals surface area contributed by atoms with Gasteiger partial charge in [-0.1, -0.05) is 25.2 Å². The van der Waals surface area contributed by atoms with Crippen molar-refractivity contribution in [2.75, 3.05) is 22.7 Å². The first kappa shape index (κ1) is 21.4. The number of fused-ring (bicyclic) bond motifs is 1. The van der Waals surface area contributed by atoms with Crippen molar-refractivity contribution in [3.05, 3.63) is 23.2 Å². The predicted molar refractivity (Wildman–Crippen MR) is 104 cm³/mol. The van der Waals surface area contributed by atoms with E-state index in [-0.39, 0.29) is 16.5 Å². The average Bonchev–Trinajstić information content (AvgIpc) is 3.13. The highest BCUT2D eigenvalue weighted by molar-refractivity contribution is 7.93. The zero-order valence-corrected chi connectivity index (χ0v) is 17.3. The summed E-state index contributed by atoms with van der Waals surface area (Å²) in [5, 5.41) is 15.3. The van der Waals surface area contributed by atoms with Crippen molar-refractivity contribution >= 4 is 43.6 Å². The van der Waals surface area contributed by atoms with Crippen LogP contribution in [0, 0.1) is 5.92 Å². The van der Waals surface area contributed by atoms with E-state index in [0.29, 0.717) is 36.6 Å². The van der Waals surface area contributed by atoms with E-state index in [1.165, 1.54) is 11.6 Å². The molecule has 0 radical (unpaired) electrons. The lowest BCUT2D eigenvalue weighted by Gasteiger charge is -2.34. The van der Waals surface area contributed by atoms with Gasteiger partial charge in [-0.05, 0) is 30.9 Å². The van der Waals surface area contributed by atoms with E-state index in [9.17, 15) is 21.6 Å². The number of benzene rings is 1. The van der Waals surface area contributed by atoms with Gasteiger partial charge < -0.3 is 4.90 Å². The van der Waals surface area contributed by atoms with Crippen LogP contribution in [-0.2, 0) is 16.4 Å². The lowest BCUT2D eigenvalue weighted by molar-refractivity contribution is -0.0429. The quantitative estimate of drug-likeness (QED) is 0.650. The Hall–Kier alpha value is -2.28. The molecule has 0 spiro atoms. The zero-order chi connectivity index (χ0) is 21.2. The number of nitrogens with one attached hydrogen (secondary N) is 1. The summed E-state index contributed by atoms with van der Waals surface area (Å²) in [4.78, 5) is 2.04. The van der Waals surface area contributed by atoms with Gasteiger partial charge in [0.1, 0.15) is 11.2 Å². The molecule has 2 aromatic rings. The van der Waals surface area contributed by atoms with Crippen LogP contribution in [-0.4, -0.2) is 37.2 Å². The molecule has 1 aromatic heterocycles. The maximum atomic E-state index is 13.0. The minimum Gasteiger partial charge on any atom is -0.371 e. The number of anilines is 2. The van der Waals surface area contributed by atoms with E-state index in [1.54, 1.807) is 10.8 Å². The fraction of sp³-hybridized carbons (Fsp3) is 0.500. The molecule has 0 saturated heterocycles. The molecule has 1 N–H and O–H groups in total. The maximum Gasteiger partial charge on any atom is 0.516 e. The van der Waals surface area contributed by atoms with Crippen molar-refractivity contribution in [1.82, 2.24) is 10.2 Å². The number of hydrogen-bond acceptors (Lipinski definition) is 8. The number of alkyl halides is 3. The highest BCUT2D eigenvalue weighted by Crippen LogP contribution is 2.42. The number of azo groups is 1. The Bertz CT molecular complexity index is 991. The summed E-state index contributed by atoms with van der Waals surface area (Å²) in [6, 6.07) is 3.19. The smallest absolute Gasteiger partial charge is 0.371 e. The van der Waals surface area contributed by atoms with Gasteiger partial charge in [-0.2, -0.15) is 21.6 Å². The summed E-state index contributed by atoms with van der Waals surface area (Å²) < 4.78 is 64.3. The number of halogens is 3. The van der Waals surface area contributed by atoms with E-state index in [2.05, 4.69) is 20.4 Å². The normalized spacial score (nSPS) is 15.2. The van der Waals surface area contributed by atoms with Crippen molar-refractivity contribution in [2.24, 2.45) is 16.1 Å². The molecule has 8 nitrogen and oxygen atoms in total. The largest absolute Gasteiger partial charge is 0.516 e. The van der Waals surface area contributed by atoms with Crippen LogP contribution in [0.3, 0.4) is 0 Å². The van der Waals surface area contributed by atoms with E-state index < -0.39 is 15.5 Å². The molecular weight excluding hydrogens is 429 g/mol. The van der Waals surface area contributed by atoms with Crippen LogP contribution in [0.5, 0.6) is 0 Å². The molecule has 1 aliphatic rings. The number of nitrogens with zero attached hydrogens (tertiary/aromatic N) is 5.